The van der Waals surface area contributed by atoms with Crippen LogP contribution >= 0.6 is 11.3 Å². The highest BCUT2D eigenvalue weighted by Gasteiger charge is 2.27. The molecule has 112 valence electrons. The fourth-order valence-corrected chi connectivity index (χ4v) is 3.33. The fraction of sp³-hybridized carbons (Fsp3) is 0.733. The van der Waals surface area contributed by atoms with Crippen molar-refractivity contribution in [2.75, 3.05) is 6.61 Å². The van der Waals surface area contributed by atoms with Crippen molar-refractivity contribution in [2.45, 2.75) is 64.5 Å². The van der Waals surface area contributed by atoms with Crippen LogP contribution < -0.4 is 5.32 Å². The molecule has 1 fully saturated rings. The lowest BCUT2D eigenvalue weighted by atomic mass is 10.1. The van der Waals surface area contributed by atoms with Gasteiger partial charge in [-0.3, -0.25) is 5.32 Å². The van der Waals surface area contributed by atoms with E-state index in [4.69, 9.17) is 4.74 Å². The Morgan fingerprint density at radius 3 is 2.70 bits per heavy atom. The number of hydrogen-bond acceptors (Lipinski definition) is 5. The van der Waals surface area contributed by atoms with Gasteiger partial charge in [0.15, 0.2) is 0 Å². The van der Waals surface area contributed by atoms with E-state index in [0.717, 1.165) is 23.5 Å². The van der Waals surface area contributed by atoms with E-state index in [-0.39, 0.29) is 5.97 Å². The number of esters is 1. The number of nitrogens with zero attached hydrogens (tertiary/aromatic N) is 1. The van der Waals surface area contributed by atoms with Crippen molar-refractivity contribution in [1.82, 2.24) is 10.3 Å². The molecule has 1 aliphatic carbocycles. The molecule has 1 N–H and O–H groups in total. The maximum Gasteiger partial charge on any atom is 0.329 e. The van der Waals surface area contributed by atoms with Crippen molar-refractivity contribution >= 4 is 17.3 Å². The first-order valence-corrected chi connectivity index (χ1v) is 8.43. The van der Waals surface area contributed by atoms with Crippen LogP contribution in [0.5, 0.6) is 0 Å². The van der Waals surface area contributed by atoms with Crippen molar-refractivity contribution in [2.24, 2.45) is 0 Å². The Bertz CT molecular complexity index is 425. The number of thiazole rings is 1. The smallest absolute Gasteiger partial charge is 0.329 e. The van der Waals surface area contributed by atoms with E-state index >= 15 is 0 Å². The van der Waals surface area contributed by atoms with Crippen LogP contribution in [0.15, 0.2) is 5.38 Å². The summed E-state index contributed by atoms with van der Waals surface area (Å²) in [7, 11) is 0. The molecule has 0 bridgehead atoms. The first-order chi connectivity index (χ1) is 9.70. The predicted molar refractivity (Wildman–Crippen MR) is 80.9 cm³/mol. The minimum Gasteiger partial charge on any atom is -0.465 e. The molecule has 1 aliphatic rings. The average molecular weight is 296 g/mol. The first-order valence-electron chi connectivity index (χ1n) is 7.55. The summed E-state index contributed by atoms with van der Waals surface area (Å²) in [6, 6.07) is -0.0167. The zero-order valence-electron chi connectivity index (χ0n) is 12.4. The number of nitrogens with one attached hydrogen (secondary N) is 1. The number of aromatic nitrogens is 1. The van der Waals surface area contributed by atoms with E-state index in [2.05, 4.69) is 10.3 Å². The van der Waals surface area contributed by atoms with E-state index < -0.39 is 6.04 Å². The van der Waals surface area contributed by atoms with Crippen molar-refractivity contribution in [3.05, 3.63) is 16.1 Å². The van der Waals surface area contributed by atoms with E-state index in [1.165, 1.54) is 25.7 Å². The molecule has 0 aromatic carbocycles. The molecule has 1 saturated carbocycles. The van der Waals surface area contributed by atoms with E-state index in [1.54, 1.807) is 11.3 Å². The molecule has 4 nitrogen and oxygen atoms in total. The minimum atomic E-state index is -0.414. The molecule has 1 atom stereocenters. The molecule has 1 heterocycles. The number of hydrogen-bond donors (Lipinski definition) is 1. The lowest BCUT2D eigenvalue weighted by molar-refractivity contribution is -0.146. The molecule has 0 amide bonds. The van der Waals surface area contributed by atoms with E-state index in [9.17, 15) is 4.79 Å². The van der Waals surface area contributed by atoms with Crippen LogP contribution in [-0.4, -0.2) is 23.6 Å². The van der Waals surface area contributed by atoms with Crippen LogP contribution in [0.4, 0.5) is 0 Å². The van der Waals surface area contributed by atoms with Crippen LogP contribution in [0.2, 0.25) is 0 Å². The van der Waals surface area contributed by atoms with Gasteiger partial charge in [-0.05, 0) is 26.7 Å². The topological polar surface area (TPSA) is 51.2 Å². The second kappa shape index (κ2) is 7.74. The van der Waals surface area contributed by atoms with E-state index in [0.29, 0.717) is 12.6 Å². The third-order valence-corrected chi connectivity index (χ3v) is 4.50. The molecule has 0 spiro atoms. The molecule has 2 rings (SSSR count). The summed E-state index contributed by atoms with van der Waals surface area (Å²) in [6.07, 6.45) is 7.36. The Morgan fingerprint density at radius 1 is 1.45 bits per heavy atom. The Hall–Kier alpha value is -0.940. The van der Waals surface area contributed by atoms with Crippen LogP contribution in [0, 0.1) is 6.92 Å². The lowest BCUT2D eigenvalue weighted by Crippen LogP contribution is -2.38. The summed E-state index contributed by atoms with van der Waals surface area (Å²) < 4.78 is 5.20. The molecule has 1 aromatic rings. The average Bonchev–Trinajstić information content (AvgIpc) is 2.70. The molecule has 5 heteroatoms. The zero-order valence-corrected chi connectivity index (χ0v) is 13.2. The van der Waals surface area contributed by atoms with Gasteiger partial charge < -0.3 is 4.74 Å². The highest BCUT2D eigenvalue weighted by molar-refractivity contribution is 7.09. The van der Waals surface area contributed by atoms with Crippen LogP contribution in [0.1, 0.15) is 62.2 Å². The number of carbonyl (C=O) groups excluding carboxylic acids is 1. The largest absolute Gasteiger partial charge is 0.465 e. The Labute approximate surface area is 124 Å². The van der Waals surface area contributed by atoms with Crippen molar-refractivity contribution in [3.63, 3.8) is 0 Å². The maximum atomic E-state index is 12.2. The second-order valence-electron chi connectivity index (χ2n) is 5.33. The van der Waals surface area contributed by atoms with Gasteiger partial charge in [0.05, 0.1) is 17.3 Å². The lowest BCUT2D eigenvalue weighted by Gasteiger charge is -2.22. The first kappa shape index (κ1) is 15.4. The fourth-order valence-electron chi connectivity index (χ4n) is 2.69. The summed E-state index contributed by atoms with van der Waals surface area (Å²) in [5.41, 5.74) is 0.801. The predicted octanol–water partition coefficient (Wildman–Crippen LogP) is 3.37. The van der Waals surface area contributed by atoms with E-state index in [1.807, 2.05) is 19.2 Å². The molecule has 0 aliphatic heterocycles. The maximum absolute atomic E-state index is 12.2. The third kappa shape index (κ3) is 4.28. The molecule has 0 radical (unpaired) electrons. The number of rotatable bonds is 5. The third-order valence-electron chi connectivity index (χ3n) is 3.71. The summed E-state index contributed by atoms with van der Waals surface area (Å²) in [5.74, 6) is -0.206. The monoisotopic (exact) mass is 296 g/mol. The van der Waals surface area contributed by atoms with Gasteiger partial charge in [0.25, 0.3) is 0 Å². The summed E-state index contributed by atoms with van der Waals surface area (Å²) in [5, 5.41) is 6.42. The van der Waals surface area contributed by atoms with Crippen molar-refractivity contribution in [3.8, 4) is 0 Å². The summed E-state index contributed by atoms with van der Waals surface area (Å²) in [6.45, 7) is 4.21. The van der Waals surface area contributed by atoms with Gasteiger partial charge in [-0.2, -0.15) is 0 Å². The SMILES string of the molecule is CCOC(=O)C(NC1CCCCCC1)c1csc(C)n1. The van der Waals surface area contributed by atoms with Crippen LogP contribution in [-0.2, 0) is 9.53 Å². The van der Waals surface area contributed by atoms with Crippen LogP contribution in [0.25, 0.3) is 0 Å². The Kier molecular flexibility index (Phi) is 5.98. The number of carbonyl (C=O) groups is 1. The van der Waals surface area contributed by atoms with Gasteiger partial charge in [0.2, 0.25) is 0 Å². The summed E-state index contributed by atoms with van der Waals surface area (Å²) in [4.78, 5) is 16.7. The van der Waals surface area contributed by atoms with Crippen molar-refractivity contribution < 1.29 is 9.53 Å². The summed E-state index contributed by atoms with van der Waals surface area (Å²) >= 11 is 1.58. The number of aryl methyl sites for hydroxylation is 1. The quantitative estimate of drug-likeness (QED) is 0.668. The zero-order chi connectivity index (χ0) is 14.4. The molecule has 1 aromatic heterocycles. The molecular weight excluding hydrogens is 272 g/mol. The Morgan fingerprint density at radius 2 is 2.15 bits per heavy atom. The van der Waals surface area contributed by atoms with Gasteiger partial charge in [-0.1, -0.05) is 25.7 Å². The Balaban J connectivity index is 2.07. The minimum absolute atomic E-state index is 0.206. The molecule has 0 saturated heterocycles. The standard InChI is InChI=1S/C15H24N2O2S/c1-3-19-15(18)14(13-10-20-11(2)16-13)17-12-8-6-4-5-7-9-12/h10,12,14,17H,3-9H2,1-2H3. The second-order valence-corrected chi connectivity index (χ2v) is 6.39. The van der Waals surface area contributed by atoms with Gasteiger partial charge in [0.1, 0.15) is 6.04 Å². The molecule has 1 unspecified atom stereocenters. The van der Waals surface area contributed by atoms with Gasteiger partial charge in [-0.25, -0.2) is 9.78 Å². The normalized spacial score (nSPS) is 18.5. The molecule has 20 heavy (non-hydrogen) atoms. The molecular formula is C15H24N2O2S. The highest BCUT2D eigenvalue weighted by Crippen LogP contribution is 2.23. The van der Waals surface area contributed by atoms with Crippen molar-refractivity contribution in [1.29, 1.82) is 0 Å². The number of ether oxygens (including phenoxy) is 1. The highest BCUT2D eigenvalue weighted by atomic mass is 32.1. The van der Waals surface area contributed by atoms with Gasteiger partial charge >= 0.3 is 5.97 Å². The van der Waals surface area contributed by atoms with Gasteiger partial charge in [-0.15, -0.1) is 11.3 Å². The van der Waals surface area contributed by atoms with Crippen LogP contribution in [0.3, 0.4) is 0 Å². The van der Waals surface area contributed by atoms with Gasteiger partial charge in [0, 0.05) is 11.4 Å².